The highest BCUT2D eigenvalue weighted by atomic mass is 35.5. The smallest absolute Gasteiger partial charge is 0.317 e. The number of nitrogens with one attached hydrogen (secondary N) is 1. The molecule has 0 aliphatic rings. The van der Waals surface area contributed by atoms with Gasteiger partial charge in [0.1, 0.15) is 6.54 Å². The lowest BCUT2D eigenvalue weighted by molar-refractivity contribution is 0.200. The molecule has 1 N–H and O–H groups in total. The molecule has 0 aliphatic carbocycles. The molecule has 106 valence electrons. The van der Waals surface area contributed by atoms with E-state index >= 15 is 0 Å². The predicted molar refractivity (Wildman–Crippen MR) is 75.3 cm³/mol. The quantitative estimate of drug-likeness (QED) is 0.940. The monoisotopic (exact) mass is 294 g/mol. The van der Waals surface area contributed by atoms with Gasteiger partial charge in [0.2, 0.25) is 11.7 Å². The summed E-state index contributed by atoms with van der Waals surface area (Å²) in [5.41, 5.74) is 0.810. The Morgan fingerprint density at radius 3 is 2.75 bits per heavy atom. The van der Waals surface area contributed by atoms with Crippen molar-refractivity contribution in [3.63, 3.8) is 0 Å². The summed E-state index contributed by atoms with van der Waals surface area (Å²) in [4.78, 5) is 17.3. The van der Waals surface area contributed by atoms with Crippen molar-refractivity contribution in [2.75, 3.05) is 13.6 Å². The van der Waals surface area contributed by atoms with Gasteiger partial charge in [-0.25, -0.2) is 4.79 Å². The van der Waals surface area contributed by atoms with Crippen molar-refractivity contribution in [2.24, 2.45) is 0 Å². The Bertz CT molecular complexity index is 582. The van der Waals surface area contributed by atoms with Crippen LogP contribution in [0.3, 0.4) is 0 Å². The Morgan fingerprint density at radius 1 is 1.40 bits per heavy atom. The van der Waals surface area contributed by atoms with E-state index in [4.69, 9.17) is 16.1 Å². The largest absolute Gasteiger partial charge is 0.338 e. The van der Waals surface area contributed by atoms with Crippen LogP contribution in [-0.2, 0) is 6.54 Å². The normalized spacial score (nSPS) is 10.3. The highest BCUT2D eigenvalue weighted by Gasteiger charge is 2.13. The molecule has 2 aromatic rings. The third kappa shape index (κ3) is 3.48. The number of rotatable bonds is 4. The molecular weight excluding hydrogens is 280 g/mol. The van der Waals surface area contributed by atoms with Crippen LogP contribution in [0.5, 0.6) is 0 Å². The van der Waals surface area contributed by atoms with Gasteiger partial charge in [0.05, 0.1) is 0 Å². The molecule has 0 unspecified atom stereocenters. The SMILES string of the molecule is CCNC(=O)N(C)Cc1nc(-c2ccc(Cl)cc2)no1. The van der Waals surface area contributed by atoms with Crippen molar-refractivity contribution in [2.45, 2.75) is 13.5 Å². The lowest BCUT2D eigenvalue weighted by Gasteiger charge is -2.14. The van der Waals surface area contributed by atoms with Gasteiger partial charge in [0.25, 0.3) is 0 Å². The molecule has 1 heterocycles. The van der Waals surface area contributed by atoms with Crippen molar-refractivity contribution in [3.05, 3.63) is 35.2 Å². The average Bonchev–Trinajstić information content (AvgIpc) is 2.88. The van der Waals surface area contributed by atoms with Crippen LogP contribution in [-0.4, -0.2) is 34.7 Å². The Labute approximate surface area is 121 Å². The van der Waals surface area contributed by atoms with E-state index in [0.717, 1.165) is 5.56 Å². The molecule has 0 spiro atoms. The number of hydrogen-bond acceptors (Lipinski definition) is 4. The van der Waals surface area contributed by atoms with E-state index in [1.165, 1.54) is 4.90 Å². The van der Waals surface area contributed by atoms with Crippen LogP contribution in [0.15, 0.2) is 28.8 Å². The molecule has 0 saturated carbocycles. The number of nitrogens with zero attached hydrogens (tertiary/aromatic N) is 3. The van der Waals surface area contributed by atoms with Crippen molar-refractivity contribution in [1.29, 1.82) is 0 Å². The summed E-state index contributed by atoms with van der Waals surface area (Å²) in [5, 5.41) is 7.23. The average molecular weight is 295 g/mol. The van der Waals surface area contributed by atoms with Crippen LogP contribution in [0.1, 0.15) is 12.8 Å². The molecule has 0 saturated heterocycles. The maximum Gasteiger partial charge on any atom is 0.317 e. The minimum Gasteiger partial charge on any atom is -0.338 e. The highest BCUT2D eigenvalue weighted by Crippen LogP contribution is 2.18. The molecule has 0 fully saturated rings. The molecule has 0 atom stereocenters. The van der Waals surface area contributed by atoms with Gasteiger partial charge in [-0.3, -0.25) is 0 Å². The second-order valence-corrected chi connectivity index (χ2v) is 4.65. The molecule has 2 rings (SSSR count). The van der Waals surface area contributed by atoms with E-state index in [9.17, 15) is 4.79 Å². The summed E-state index contributed by atoms with van der Waals surface area (Å²) in [6.45, 7) is 2.69. The molecule has 1 aromatic carbocycles. The first-order valence-electron chi connectivity index (χ1n) is 6.17. The van der Waals surface area contributed by atoms with Gasteiger partial charge in [0.15, 0.2) is 0 Å². The van der Waals surface area contributed by atoms with E-state index in [1.807, 2.05) is 19.1 Å². The van der Waals surface area contributed by atoms with Gasteiger partial charge in [0, 0.05) is 24.2 Å². The van der Waals surface area contributed by atoms with Gasteiger partial charge < -0.3 is 14.7 Å². The lowest BCUT2D eigenvalue weighted by atomic mass is 10.2. The first-order valence-corrected chi connectivity index (χ1v) is 6.55. The third-order valence-corrected chi connectivity index (χ3v) is 2.87. The summed E-state index contributed by atoms with van der Waals surface area (Å²) in [7, 11) is 1.66. The van der Waals surface area contributed by atoms with Crippen molar-refractivity contribution in [1.82, 2.24) is 20.4 Å². The number of amides is 2. The zero-order chi connectivity index (χ0) is 14.5. The van der Waals surface area contributed by atoms with Crippen molar-refractivity contribution in [3.8, 4) is 11.4 Å². The number of carbonyl (C=O) groups is 1. The van der Waals surface area contributed by atoms with E-state index in [0.29, 0.717) is 23.3 Å². The van der Waals surface area contributed by atoms with E-state index in [-0.39, 0.29) is 12.6 Å². The number of carbonyl (C=O) groups excluding carboxylic acids is 1. The Kier molecular flexibility index (Phi) is 4.57. The second-order valence-electron chi connectivity index (χ2n) is 4.21. The fraction of sp³-hybridized carbons (Fsp3) is 0.308. The predicted octanol–water partition coefficient (Wildman–Crippen LogP) is 2.55. The van der Waals surface area contributed by atoms with Crippen LogP contribution in [0.4, 0.5) is 4.79 Å². The highest BCUT2D eigenvalue weighted by molar-refractivity contribution is 6.30. The fourth-order valence-corrected chi connectivity index (χ4v) is 1.72. The molecule has 7 heteroatoms. The van der Waals surface area contributed by atoms with Crippen LogP contribution < -0.4 is 5.32 Å². The minimum absolute atomic E-state index is 0.182. The molecule has 0 aliphatic heterocycles. The summed E-state index contributed by atoms with van der Waals surface area (Å²) >= 11 is 5.82. The Balaban J connectivity index is 2.05. The summed E-state index contributed by atoms with van der Waals surface area (Å²) in [5.74, 6) is 0.852. The standard InChI is InChI=1S/C13H15ClN4O2/c1-3-15-13(19)18(2)8-11-16-12(17-20-11)9-4-6-10(14)7-5-9/h4-7H,3,8H2,1-2H3,(H,15,19). The molecule has 20 heavy (non-hydrogen) atoms. The van der Waals surface area contributed by atoms with Crippen LogP contribution in [0.2, 0.25) is 5.02 Å². The number of aromatic nitrogens is 2. The van der Waals surface area contributed by atoms with Gasteiger partial charge in [-0.2, -0.15) is 4.98 Å². The van der Waals surface area contributed by atoms with Gasteiger partial charge in [-0.05, 0) is 31.2 Å². The van der Waals surface area contributed by atoms with Crippen LogP contribution >= 0.6 is 11.6 Å². The number of benzene rings is 1. The minimum atomic E-state index is -0.182. The van der Waals surface area contributed by atoms with Crippen molar-refractivity contribution < 1.29 is 9.32 Å². The van der Waals surface area contributed by atoms with E-state index in [1.54, 1.807) is 19.2 Å². The topological polar surface area (TPSA) is 71.3 Å². The zero-order valence-electron chi connectivity index (χ0n) is 11.3. The summed E-state index contributed by atoms with van der Waals surface area (Å²) in [6, 6.07) is 6.95. The van der Waals surface area contributed by atoms with Crippen LogP contribution in [0.25, 0.3) is 11.4 Å². The first-order chi connectivity index (χ1) is 9.60. The molecule has 0 radical (unpaired) electrons. The molecule has 6 nitrogen and oxygen atoms in total. The van der Waals surface area contributed by atoms with E-state index in [2.05, 4.69) is 15.5 Å². The molecular formula is C13H15ClN4O2. The Hall–Kier alpha value is -2.08. The van der Waals surface area contributed by atoms with Crippen molar-refractivity contribution >= 4 is 17.6 Å². The number of urea groups is 1. The molecule has 2 amide bonds. The van der Waals surface area contributed by atoms with Gasteiger partial charge >= 0.3 is 6.03 Å². The number of hydrogen-bond donors (Lipinski definition) is 1. The molecule has 0 bridgehead atoms. The third-order valence-electron chi connectivity index (χ3n) is 2.62. The lowest BCUT2D eigenvalue weighted by Crippen LogP contribution is -2.36. The maximum absolute atomic E-state index is 11.6. The Morgan fingerprint density at radius 2 is 2.10 bits per heavy atom. The second kappa shape index (κ2) is 6.38. The maximum atomic E-state index is 11.6. The van der Waals surface area contributed by atoms with Gasteiger partial charge in [-0.1, -0.05) is 16.8 Å². The molecule has 1 aromatic heterocycles. The summed E-state index contributed by atoms with van der Waals surface area (Å²) < 4.78 is 5.13. The van der Waals surface area contributed by atoms with Crippen LogP contribution in [0, 0.1) is 0 Å². The summed E-state index contributed by atoms with van der Waals surface area (Å²) in [6.07, 6.45) is 0. The number of halogens is 1. The van der Waals surface area contributed by atoms with E-state index < -0.39 is 0 Å². The van der Waals surface area contributed by atoms with Gasteiger partial charge in [-0.15, -0.1) is 0 Å². The fourth-order valence-electron chi connectivity index (χ4n) is 1.60. The first kappa shape index (κ1) is 14.3. The zero-order valence-corrected chi connectivity index (χ0v) is 12.0.